The molecule has 1 saturated heterocycles. The molecule has 0 spiro atoms. The molecule has 4 amide bonds. The van der Waals surface area contributed by atoms with E-state index in [-0.39, 0.29) is 25.3 Å². The van der Waals surface area contributed by atoms with Gasteiger partial charge in [-0.3, -0.25) is 19.1 Å². The van der Waals surface area contributed by atoms with Crippen LogP contribution in [-0.2, 0) is 29.1 Å². The lowest BCUT2D eigenvalue weighted by atomic mass is 9.85. The number of aromatic nitrogens is 1. The Bertz CT molecular complexity index is 1840. The standard InChI is InChI=1S/C38H55N5O9S/c1-12-18-38(11,33(46)42-53(48,49)26-14-15-26)41-30(44)28-21-25(22-43(28)32(45)29(35(2,3)4)40-34(47)52-37(8,9)10)50-31-27-16-13-24(51-36(5,6)7)20-23(27)17-19-39-31/h12-13,16-17,19-20,25-26,28-29H,1,14-15,18,21-22H2,2-11H3,(H,40,47)(H,41,44)(H,42,46)/t25-,28+,29-,38-/m1/s1. The van der Waals surface area contributed by atoms with Gasteiger partial charge in [-0.2, -0.15) is 0 Å². The van der Waals surface area contributed by atoms with Crippen molar-refractivity contribution in [1.29, 1.82) is 0 Å². The average molecular weight is 758 g/mol. The van der Waals surface area contributed by atoms with E-state index in [1.54, 1.807) is 47.7 Å². The van der Waals surface area contributed by atoms with Crippen LogP contribution in [0.2, 0.25) is 0 Å². The van der Waals surface area contributed by atoms with Gasteiger partial charge in [0.25, 0.3) is 5.91 Å². The number of amides is 4. The highest BCUT2D eigenvalue weighted by Crippen LogP contribution is 2.33. The number of ether oxygens (including phenoxy) is 3. The highest BCUT2D eigenvalue weighted by molar-refractivity contribution is 7.91. The summed E-state index contributed by atoms with van der Waals surface area (Å²) in [4.78, 5) is 60.9. The van der Waals surface area contributed by atoms with Crippen molar-refractivity contribution in [3.63, 3.8) is 0 Å². The number of alkyl carbamates (subject to hydrolysis) is 1. The second-order valence-corrected chi connectivity index (χ2v) is 19.1. The molecular weight excluding hydrogens is 703 g/mol. The summed E-state index contributed by atoms with van der Waals surface area (Å²) in [6, 6.07) is 5.03. The summed E-state index contributed by atoms with van der Waals surface area (Å²) in [6.45, 7) is 21.3. The van der Waals surface area contributed by atoms with Gasteiger partial charge in [0.1, 0.15) is 40.7 Å². The van der Waals surface area contributed by atoms with E-state index in [2.05, 4.69) is 26.9 Å². The first-order valence-electron chi connectivity index (χ1n) is 17.9. The number of nitrogens with one attached hydrogen (secondary N) is 3. The summed E-state index contributed by atoms with van der Waals surface area (Å²) in [5.41, 5.74) is -3.80. The maximum atomic E-state index is 14.5. The molecule has 1 aromatic carbocycles. The molecule has 1 aliphatic heterocycles. The smallest absolute Gasteiger partial charge is 0.408 e. The van der Waals surface area contributed by atoms with Gasteiger partial charge < -0.3 is 29.7 Å². The van der Waals surface area contributed by atoms with Gasteiger partial charge in [0.05, 0.1) is 11.8 Å². The van der Waals surface area contributed by atoms with Crippen molar-refractivity contribution in [3.8, 4) is 11.6 Å². The van der Waals surface area contributed by atoms with Gasteiger partial charge in [0.2, 0.25) is 27.7 Å². The minimum atomic E-state index is -3.93. The molecule has 2 aliphatic rings. The second-order valence-electron chi connectivity index (χ2n) is 17.1. The molecule has 14 nitrogen and oxygen atoms in total. The van der Waals surface area contributed by atoms with Crippen molar-refractivity contribution in [2.75, 3.05) is 6.54 Å². The van der Waals surface area contributed by atoms with Crippen LogP contribution in [0.1, 0.15) is 94.9 Å². The van der Waals surface area contributed by atoms with Crippen LogP contribution in [-0.4, -0.2) is 88.8 Å². The summed E-state index contributed by atoms with van der Waals surface area (Å²) in [6.07, 6.45) is 2.23. The van der Waals surface area contributed by atoms with Crippen molar-refractivity contribution >= 4 is 44.6 Å². The predicted octanol–water partition coefficient (Wildman–Crippen LogP) is 4.76. The molecule has 1 aliphatic carbocycles. The maximum absolute atomic E-state index is 14.5. The van der Waals surface area contributed by atoms with Gasteiger partial charge >= 0.3 is 6.09 Å². The Labute approximate surface area is 312 Å². The molecule has 15 heteroatoms. The quantitative estimate of drug-likeness (QED) is 0.256. The highest BCUT2D eigenvalue weighted by Gasteiger charge is 2.49. The van der Waals surface area contributed by atoms with Gasteiger partial charge in [-0.25, -0.2) is 18.2 Å². The fourth-order valence-electron chi connectivity index (χ4n) is 5.96. The number of hydrogen-bond acceptors (Lipinski definition) is 10. The monoisotopic (exact) mass is 757 g/mol. The van der Waals surface area contributed by atoms with Crippen LogP contribution in [0.3, 0.4) is 0 Å². The molecule has 1 saturated carbocycles. The molecule has 0 unspecified atom stereocenters. The lowest BCUT2D eigenvalue weighted by molar-refractivity contribution is -0.143. The van der Waals surface area contributed by atoms with Crippen molar-refractivity contribution in [2.45, 2.75) is 135 Å². The number of carbonyl (C=O) groups excluding carboxylic acids is 4. The molecule has 4 rings (SSSR count). The lowest BCUT2D eigenvalue weighted by Crippen LogP contribution is -2.62. The highest BCUT2D eigenvalue weighted by atomic mass is 32.2. The maximum Gasteiger partial charge on any atom is 0.408 e. The molecular formula is C38H55N5O9S. The Morgan fingerprint density at radius 1 is 1.00 bits per heavy atom. The number of rotatable bonds is 12. The Kier molecular flexibility index (Phi) is 11.8. The normalized spacial score (nSPS) is 19.8. The summed E-state index contributed by atoms with van der Waals surface area (Å²) in [5.74, 6) is -1.26. The first kappa shape index (κ1) is 41.4. The van der Waals surface area contributed by atoms with Crippen molar-refractivity contribution in [3.05, 3.63) is 43.1 Å². The van der Waals surface area contributed by atoms with Gasteiger partial charge in [-0.15, -0.1) is 6.58 Å². The van der Waals surface area contributed by atoms with E-state index in [1.165, 1.54) is 17.9 Å². The van der Waals surface area contributed by atoms with Crippen LogP contribution in [0, 0.1) is 5.41 Å². The third kappa shape index (κ3) is 10.8. The predicted molar refractivity (Wildman–Crippen MR) is 201 cm³/mol. The first-order valence-corrected chi connectivity index (χ1v) is 19.4. The molecule has 2 heterocycles. The van der Waals surface area contributed by atoms with E-state index < -0.39 is 79.4 Å². The molecule has 292 valence electrons. The van der Waals surface area contributed by atoms with Crippen molar-refractivity contribution < 1.29 is 41.8 Å². The van der Waals surface area contributed by atoms with Crippen LogP contribution >= 0.6 is 0 Å². The number of fused-ring (bicyclic) bond motifs is 1. The van der Waals surface area contributed by atoms with Crippen LogP contribution in [0.15, 0.2) is 43.1 Å². The third-order valence-electron chi connectivity index (χ3n) is 8.68. The SMILES string of the molecule is C=CC[C@@](C)(NC(=O)[C@@H]1C[C@@H](Oc2nccc3cc(OC(C)(C)C)ccc23)CN1C(=O)[C@@H](NC(=O)OC(C)(C)C)C(C)(C)C)C(=O)NS(=O)(=O)C1CC1. The van der Waals surface area contributed by atoms with E-state index in [1.807, 2.05) is 45.0 Å². The van der Waals surface area contributed by atoms with Gasteiger partial charge in [0, 0.05) is 18.0 Å². The minimum Gasteiger partial charge on any atom is -0.488 e. The molecule has 0 radical (unpaired) electrons. The lowest BCUT2D eigenvalue weighted by Gasteiger charge is -2.36. The second kappa shape index (κ2) is 15.2. The molecule has 4 atom stereocenters. The van der Waals surface area contributed by atoms with Crippen LogP contribution in [0.5, 0.6) is 11.6 Å². The van der Waals surface area contributed by atoms with Crippen LogP contribution in [0.25, 0.3) is 10.8 Å². The number of nitrogens with zero attached hydrogens (tertiary/aromatic N) is 2. The zero-order valence-electron chi connectivity index (χ0n) is 32.5. The first-order chi connectivity index (χ1) is 24.3. The summed E-state index contributed by atoms with van der Waals surface area (Å²) in [7, 11) is -3.93. The summed E-state index contributed by atoms with van der Waals surface area (Å²) in [5, 5.41) is 6.24. The van der Waals surface area contributed by atoms with Crippen molar-refractivity contribution in [1.82, 2.24) is 25.2 Å². The number of carbonyl (C=O) groups is 4. The molecule has 1 aromatic heterocycles. The van der Waals surface area contributed by atoms with Crippen LogP contribution in [0.4, 0.5) is 4.79 Å². The molecule has 2 aromatic rings. The largest absolute Gasteiger partial charge is 0.488 e. The Balaban J connectivity index is 1.67. The molecule has 2 fully saturated rings. The number of hydrogen-bond donors (Lipinski definition) is 3. The molecule has 3 N–H and O–H groups in total. The third-order valence-corrected chi connectivity index (χ3v) is 10.5. The number of benzene rings is 1. The van der Waals surface area contributed by atoms with Gasteiger partial charge in [-0.1, -0.05) is 26.8 Å². The topological polar surface area (TPSA) is 182 Å². The summed E-state index contributed by atoms with van der Waals surface area (Å²) >= 11 is 0. The van der Waals surface area contributed by atoms with E-state index in [9.17, 15) is 27.6 Å². The molecule has 0 bridgehead atoms. The number of likely N-dealkylation sites (tertiary alicyclic amines) is 1. The average Bonchev–Trinajstić information content (AvgIpc) is 3.78. The van der Waals surface area contributed by atoms with Crippen LogP contribution < -0.4 is 24.8 Å². The Morgan fingerprint density at radius 2 is 1.66 bits per heavy atom. The number of pyridine rings is 1. The van der Waals surface area contributed by atoms with E-state index in [0.717, 1.165) is 5.39 Å². The van der Waals surface area contributed by atoms with E-state index in [4.69, 9.17) is 14.2 Å². The Hall–Kier alpha value is -4.40. The van der Waals surface area contributed by atoms with E-state index in [0.29, 0.717) is 24.0 Å². The van der Waals surface area contributed by atoms with Gasteiger partial charge in [-0.05, 0) is 103 Å². The summed E-state index contributed by atoms with van der Waals surface area (Å²) < 4.78 is 45.4. The fraction of sp³-hybridized carbons (Fsp3) is 0.605. The zero-order valence-corrected chi connectivity index (χ0v) is 33.3. The Morgan fingerprint density at radius 3 is 2.23 bits per heavy atom. The minimum absolute atomic E-state index is 0.00365. The number of sulfonamides is 1. The van der Waals surface area contributed by atoms with E-state index >= 15 is 0 Å². The van der Waals surface area contributed by atoms with Gasteiger partial charge in [0.15, 0.2) is 0 Å². The molecule has 53 heavy (non-hydrogen) atoms. The fourth-order valence-corrected chi connectivity index (χ4v) is 7.37. The van der Waals surface area contributed by atoms with Crippen molar-refractivity contribution in [2.24, 2.45) is 5.41 Å². The zero-order chi connectivity index (χ0) is 39.7.